The normalized spacial score (nSPS) is 31.3. The van der Waals surface area contributed by atoms with Gasteiger partial charge in [0.2, 0.25) is 16.6 Å². The highest BCUT2D eigenvalue weighted by Crippen LogP contribution is 2.52. The zero-order valence-electron chi connectivity index (χ0n) is 40.4. The smallest absolute Gasteiger partial charge is 0.308 e. The van der Waals surface area contributed by atoms with Crippen LogP contribution in [-0.2, 0) is 37.0 Å². The van der Waals surface area contributed by atoms with Gasteiger partial charge in [-0.2, -0.15) is 0 Å². The number of esters is 1. The maximum Gasteiger partial charge on any atom is 0.308 e. The summed E-state index contributed by atoms with van der Waals surface area (Å²) in [5.74, 6) is -0.494. The van der Waals surface area contributed by atoms with Crippen LogP contribution in [0.2, 0.25) is 49.9 Å². The van der Waals surface area contributed by atoms with Crippen molar-refractivity contribution >= 4 is 30.9 Å². The number of ether oxygens (including phenoxy) is 4. The number of hydrogen-bond acceptors (Lipinski definition) is 8. The van der Waals surface area contributed by atoms with Gasteiger partial charge in [0.25, 0.3) is 0 Å². The Morgan fingerprint density at radius 1 is 0.596 bits per heavy atom. The molecule has 10 atom stereocenters. The Morgan fingerprint density at radius 2 is 1.02 bits per heavy atom. The lowest BCUT2D eigenvalue weighted by Crippen LogP contribution is -2.58. The van der Waals surface area contributed by atoms with Gasteiger partial charge in [-0.25, -0.2) is 0 Å². The molecule has 0 saturated carbocycles. The minimum atomic E-state index is -2.37. The summed E-state index contributed by atoms with van der Waals surface area (Å²) in [5.41, 5.74) is 4.08. The van der Waals surface area contributed by atoms with Gasteiger partial charge >= 0.3 is 5.97 Å². The summed E-state index contributed by atoms with van der Waals surface area (Å²) in [7, 11) is -6.88. The SMILES string of the molecule is CC(C)[Si](OC[C@@H](C[C@H](O[Si](C(C)C)(C(C)C)C(C)C)C1C[C@@H]2O[C@]3(C[C@H](C)[C@@H]4OC(=O)C[C@@H]4O3)C[C@H](C)[C@@H]2O1)O[Si](C(C)C)(C(C)C)C(C)C)(C(C)C)C(C)C. The van der Waals surface area contributed by atoms with E-state index in [1.807, 2.05) is 0 Å². The molecule has 0 aromatic rings. The van der Waals surface area contributed by atoms with Crippen LogP contribution in [0.1, 0.15) is 171 Å². The van der Waals surface area contributed by atoms with Crippen LogP contribution in [0.15, 0.2) is 0 Å². The second kappa shape index (κ2) is 19.1. The van der Waals surface area contributed by atoms with E-state index in [0.29, 0.717) is 62.9 Å². The fourth-order valence-corrected chi connectivity index (χ4v) is 30.2. The highest BCUT2D eigenvalue weighted by atomic mass is 28.4. The second-order valence-corrected chi connectivity index (χ2v) is 38.3. The van der Waals surface area contributed by atoms with E-state index in [2.05, 4.69) is 138 Å². The summed E-state index contributed by atoms with van der Waals surface area (Å²) in [6.07, 6.45) is 2.21. The molecule has 0 aliphatic carbocycles. The lowest BCUT2D eigenvalue weighted by Gasteiger charge is -2.50. The number of rotatable bonds is 19. The van der Waals surface area contributed by atoms with Crippen molar-refractivity contribution in [2.75, 3.05) is 6.61 Å². The van der Waals surface area contributed by atoms with E-state index in [0.717, 1.165) is 25.7 Å². The Morgan fingerprint density at radius 3 is 1.47 bits per heavy atom. The lowest BCUT2D eigenvalue weighted by molar-refractivity contribution is -0.346. The van der Waals surface area contributed by atoms with Gasteiger partial charge in [-0.15, -0.1) is 0 Å². The van der Waals surface area contributed by atoms with Crippen molar-refractivity contribution in [2.24, 2.45) is 11.8 Å². The molecule has 0 amide bonds. The first-order chi connectivity index (χ1) is 26.3. The molecular weight excluding hydrogens is 765 g/mol. The molecule has 0 aromatic carbocycles. The van der Waals surface area contributed by atoms with E-state index in [9.17, 15) is 4.79 Å². The molecule has 1 spiro atoms. The summed E-state index contributed by atoms with van der Waals surface area (Å²) in [6, 6.07) is 0. The molecule has 334 valence electrons. The topological polar surface area (TPSA) is 81.7 Å². The van der Waals surface area contributed by atoms with Crippen molar-refractivity contribution in [3.63, 3.8) is 0 Å². The first kappa shape index (κ1) is 49.5. The third-order valence-corrected chi connectivity index (χ3v) is 33.9. The number of fused-ring (bicyclic) bond motifs is 2. The van der Waals surface area contributed by atoms with E-state index >= 15 is 0 Å². The van der Waals surface area contributed by atoms with Crippen molar-refractivity contribution in [1.82, 2.24) is 0 Å². The fourth-order valence-electron chi connectivity index (χ4n) is 13.6. The van der Waals surface area contributed by atoms with Crippen LogP contribution < -0.4 is 0 Å². The minimum Gasteiger partial charge on any atom is -0.459 e. The summed E-state index contributed by atoms with van der Waals surface area (Å²) in [5, 5.41) is 0. The van der Waals surface area contributed by atoms with Crippen molar-refractivity contribution in [3.05, 3.63) is 0 Å². The third-order valence-electron chi connectivity index (χ3n) is 15.6. The second-order valence-electron chi connectivity index (χ2n) is 22.0. The zero-order chi connectivity index (χ0) is 43.2. The molecule has 4 fully saturated rings. The molecule has 4 heterocycles. The van der Waals surface area contributed by atoms with Gasteiger partial charge in [-0.1, -0.05) is 138 Å². The third kappa shape index (κ3) is 9.62. The summed E-state index contributed by atoms with van der Waals surface area (Å²) < 4.78 is 50.2. The summed E-state index contributed by atoms with van der Waals surface area (Å²) in [4.78, 5) is 12.3. The minimum absolute atomic E-state index is 0.0491. The predicted molar refractivity (Wildman–Crippen MR) is 241 cm³/mol. The quantitative estimate of drug-likeness (QED) is 0.0939. The van der Waals surface area contributed by atoms with Crippen LogP contribution in [0.5, 0.6) is 0 Å². The Balaban J connectivity index is 1.78. The van der Waals surface area contributed by atoms with E-state index in [1.54, 1.807) is 0 Å². The van der Waals surface area contributed by atoms with Gasteiger partial charge in [-0.05, 0) is 55.8 Å². The first-order valence-electron chi connectivity index (χ1n) is 23.5. The predicted octanol–water partition coefficient (Wildman–Crippen LogP) is 12.7. The number of hydrogen-bond donors (Lipinski definition) is 0. The van der Waals surface area contributed by atoms with Crippen LogP contribution in [0.3, 0.4) is 0 Å². The van der Waals surface area contributed by atoms with Crippen LogP contribution in [0, 0.1) is 11.8 Å². The Kier molecular flexibility index (Phi) is 16.6. The molecule has 0 aromatic heterocycles. The zero-order valence-corrected chi connectivity index (χ0v) is 43.4. The molecule has 8 nitrogen and oxygen atoms in total. The maximum atomic E-state index is 12.3. The van der Waals surface area contributed by atoms with Gasteiger partial charge < -0.3 is 32.2 Å². The van der Waals surface area contributed by atoms with E-state index in [-0.39, 0.29) is 60.5 Å². The Hall–Kier alpha value is -0.119. The lowest BCUT2D eigenvalue weighted by atomic mass is 9.80. The molecule has 4 rings (SSSR count). The highest BCUT2D eigenvalue weighted by Gasteiger charge is 2.60. The molecule has 0 radical (unpaired) electrons. The molecule has 4 aliphatic heterocycles. The average Bonchev–Trinajstić information content (AvgIpc) is 3.66. The van der Waals surface area contributed by atoms with Crippen LogP contribution in [0.4, 0.5) is 0 Å². The van der Waals surface area contributed by atoms with Crippen molar-refractivity contribution in [3.8, 4) is 0 Å². The average molecular weight is 855 g/mol. The van der Waals surface area contributed by atoms with E-state index in [1.165, 1.54) is 0 Å². The summed E-state index contributed by atoms with van der Waals surface area (Å²) >= 11 is 0. The van der Waals surface area contributed by atoms with Crippen LogP contribution in [-0.4, -0.2) is 86.0 Å². The molecule has 57 heavy (non-hydrogen) atoms. The van der Waals surface area contributed by atoms with Crippen LogP contribution >= 0.6 is 0 Å². The largest absolute Gasteiger partial charge is 0.459 e. The standard InChI is InChI=1S/C46H90O8Si3/c1-27(2)55(28(3)4,29(5)6)48-26-38(53-56(30(7)8,31(9)10)32(11)12)21-40(54-57(33(13)14,34(15)16)35(17)18)39-22-41-44(49-39)36(19)24-46(51-41)25-37(20)45-42(52-46)23-43(47)50-45/h27-42,44-45H,21-26H2,1-20H3/t36-,37-,38+,39?,40-,41-,42-,44-,45-,46+/m0/s1. The van der Waals surface area contributed by atoms with Crippen LogP contribution in [0.25, 0.3) is 0 Å². The highest BCUT2D eigenvalue weighted by molar-refractivity contribution is 6.78. The maximum absolute atomic E-state index is 12.3. The Labute approximate surface area is 354 Å². The van der Waals surface area contributed by atoms with Gasteiger partial charge in [0.1, 0.15) is 12.2 Å². The number of carbonyl (C=O) groups excluding carboxylic acids is 1. The monoisotopic (exact) mass is 855 g/mol. The van der Waals surface area contributed by atoms with Crippen molar-refractivity contribution in [2.45, 2.75) is 269 Å². The van der Waals surface area contributed by atoms with Crippen molar-refractivity contribution < 1.29 is 37.0 Å². The molecule has 4 saturated heterocycles. The van der Waals surface area contributed by atoms with Gasteiger partial charge in [0, 0.05) is 31.6 Å². The van der Waals surface area contributed by atoms with E-state index < -0.39 is 30.7 Å². The number of carbonyl (C=O) groups is 1. The van der Waals surface area contributed by atoms with Gasteiger partial charge in [-0.3, -0.25) is 4.79 Å². The molecular formula is C46H90O8Si3. The molecule has 4 aliphatic rings. The molecule has 11 heteroatoms. The summed E-state index contributed by atoms with van der Waals surface area (Å²) in [6.45, 7) is 48.1. The van der Waals surface area contributed by atoms with E-state index in [4.69, 9.17) is 32.2 Å². The molecule has 0 N–H and O–H groups in total. The van der Waals surface area contributed by atoms with Crippen molar-refractivity contribution in [1.29, 1.82) is 0 Å². The molecule has 0 bridgehead atoms. The van der Waals surface area contributed by atoms with Gasteiger partial charge in [0.05, 0.1) is 43.5 Å². The molecule has 1 unspecified atom stereocenters. The first-order valence-corrected chi connectivity index (χ1v) is 29.9. The Bertz CT molecular complexity index is 1240. The fraction of sp³-hybridized carbons (Fsp3) is 0.978. The van der Waals surface area contributed by atoms with Gasteiger partial charge in [0.15, 0.2) is 14.1 Å².